The largest absolute Gasteiger partial charge is 0.384 e. The molecule has 6 nitrogen and oxygen atoms in total. The number of pyridine rings is 1. The summed E-state index contributed by atoms with van der Waals surface area (Å²) in [4.78, 5) is 7.11. The molecular formula is C22H40N4O2. The van der Waals surface area contributed by atoms with Gasteiger partial charge in [-0.3, -0.25) is 0 Å². The van der Waals surface area contributed by atoms with Gasteiger partial charge in [-0.05, 0) is 65.3 Å². The third-order valence-corrected chi connectivity index (χ3v) is 5.88. The number of likely N-dealkylation sites (N-methyl/N-ethyl adjacent to an activating group) is 2. The minimum Gasteiger partial charge on any atom is -0.384 e. The summed E-state index contributed by atoms with van der Waals surface area (Å²) >= 11 is 0. The highest BCUT2D eigenvalue weighted by atomic mass is 16.5. The standard InChI is InChI=1S/C22H40N4O2/c1-5-27-16-22(17-28-6-2)11-9-18(10-12-22)21-19(7-8-20(23)25-21)15-26(4)14-13-24-3/h7-8,18,24H,5-6,9-17H2,1-4H3,(H2,23,25). The van der Waals surface area contributed by atoms with E-state index in [9.17, 15) is 0 Å². The van der Waals surface area contributed by atoms with E-state index in [1.54, 1.807) is 0 Å². The number of nitrogen functional groups attached to an aromatic ring is 1. The molecule has 0 radical (unpaired) electrons. The highest BCUT2D eigenvalue weighted by Crippen LogP contribution is 2.44. The molecule has 2 rings (SSSR count). The van der Waals surface area contributed by atoms with Crippen LogP contribution in [0.15, 0.2) is 12.1 Å². The van der Waals surface area contributed by atoms with Gasteiger partial charge in [0.25, 0.3) is 0 Å². The van der Waals surface area contributed by atoms with Gasteiger partial charge in [-0.1, -0.05) is 6.07 Å². The van der Waals surface area contributed by atoms with Gasteiger partial charge >= 0.3 is 0 Å². The monoisotopic (exact) mass is 392 g/mol. The summed E-state index contributed by atoms with van der Waals surface area (Å²) in [5.41, 5.74) is 8.70. The number of anilines is 1. The fourth-order valence-electron chi connectivity index (χ4n) is 4.15. The predicted molar refractivity (Wildman–Crippen MR) is 116 cm³/mol. The van der Waals surface area contributed by atoms with Crippen molar-refractivity contribution in [2.45, 2.75) is 52.0 Å². The van der Waals surface area contributed by atoms with E-state index in [0.29, 0.717) is 11.7 Å². The summed E-state index contributed by atoms with van der Waals surface area (Å²) in [6, 6.07) is 4.10. The number of hydrogen-bond donors (Lipinski definition) is 2. The van der Waals surface area contributed by atoms with Gasteiger partial charge in [0.05, 0.1) is 18.9 Å². The summed E-state index contributed by atoms with van der Waals surface area (Å²) in [7, 11) is 4.15. The molecule has 0 aromatic carbocycles. The molecule has 0 saturated heterocycles. The van der Waals surface area contributed by atoms with Crippen molar-refractivity contribution >= 4 is 5.82 Å². The molecule has 0 amide bonds. The molecule has 1 aromatic heterocycles. The molecule has 3 N–H and O–H groups in total. The molecule has 0 aliphatic heterocycles. The second-order valence-corrected chi connectivity index (χ2v) is 8.17. The van der Waals surface area contributed by atoms with Crippen molar-refractivity contribution in [3.63, 3.8) is 0 Å². The zero-order chi connectivity index (χ0) is 20.4. The molecule has 28 heavy (non-hydrogen) atoms. The first-order valence-corrected chi connectivity index (χ1v) is 10.8. The first kappa shape index (κ1) is 23.1. The van der Waals surface area contributed by atoms with E-state index in [1.165, 1.54) is 11.3 Å². The van der Waals surface area contributed by atoms with Crippen molar-refractivity contribution < 1.29 is 9.47 Å². The Morgan fingerprint density at radius 2 is 1.82 bits per heavy atom. The number of ether oxygens (including phenoxy) is 2. The Hall–Kier alpha value is -1.21. The van der Waals surface area contributed by atoms with E-state index in [-0.39, 0.29) is 5.41 Å². The number of nitrogens with one attached hydrogen (secondary N) is 1. The molecular weight excluding hydrogens is 352 g/mol. The first-order chi connectivity index (χ1) is 13.5. The van der Waals surface area contributed by atoms with Gasteiger partial charge < -0.3 is 25.4 Å². The molecule has 1 heterocycles. The van der Waals surface area contributed by atoms with Crippen LogP contribution in [0.4, 0.5) is 5.82 Å². The van der Waals surface area contributed by atoms with Crippen molar-refractivity contribution in [3.05, 3.63) is 23.4 Å². The maximum atomic E-state index is 6.06. The van der Waals surface area contributed by atoms with Crippen molar-refractivity contribution in [1.29, 1.82) is 0 Å². The second kappa shape index (κ2) is 11.7. The Morgan fingerprint density at radius 1 is 1.18 bits per heavy atom. The Bertz CT molecular complexity index is 564. The number of nitrogens with two attached hydrogens (primary N) is 1. The third kappa shape index (κ3) is 6.69. The van der Waals surface area contributed by atoms with Gasteiger partial charge in [-0.15, -0.1) is 0 Å². The van der Waals surface area contributed by atoms with Crippen molar-refractivity contribution in [2.24, 2.45) is 5.41 Å². The van der Waals surface area contributed by atoms with Gasteiger partial charge in [-0.2, -0.15) is 0 Å². The average molecular weight is 393 g/mol. The molecule has 1 aromatic rings. The maximum Gasteiger partial charge on any atom is 0.123 e. The van der Waals surface area contributed by atoms with Crippen LogP contribution >= 0.6 is 0 Å². The van der Waals surface area contributed by atoms with Crippen LogP contribution in [-0.2, 0) is 16.0 Å². The molecule has 0 bridgehead atoms. The molecule has 1 aliphatic carbocycles. The minimum absolute atomic E-state index is 0.145. The third-order valence-electron chi connectivity index (χ3n) is 5.88. The van der Waals surface area contributed by atoms with Gasteiger partial charge in [0.1, 0.15) is 5.82 Å². The lowest BCUT2D eigenvalue weighted by Crippen LogP contribution is -2.36. The van der Waals surface area contributed by atoms with Crippen LogP contribution in [0.25, 0.3) is 0 Å². The predicted octanol–water partition coefficient (Wildman–Crippen LogP) is 3.03. The lowest BCUT2D eigenvalue weighted by molar-refractivity contribution is -0.0397. The fraction of sp³-hybridized carbons (Fsp3) is 0.773. The van der Waals surface area contributed by atoms with E-state index in [4.69, 9.17) is 20.2 Å². The maximum absolute atomic E-state index is 6.06. The van der Waals surface area contributed by atoms with Crippen LogP contribution in [0.2, 0.25) is 0 Å². The Morgan fingerprint density at radius 3 is 2.39 bits per heavy atom. The summed E-state index contributed by atoms with van der Waals surface area (Å²) in [6.45, 7) is 10.1. The average Bonchev–Trinajstić information content (AvgIpc) is 2.71. The second-order valence-electron chi connectivity index (χ2n) is 8.17. The van der Waals surface area contributed by atoms with Crippen LogP contribution in [0.3, 0.4) is 0 Å². The van der Waals surface area contributed by atoms with Crippen molar-refractivity contribution in [3.8, 4) is 0 Å². The molecule has 160 valence electrons. The number of hydrogen-bond acceptors (Lipinski definition) is 6. The highest BCUT2D eigenvalue weighted by molar-refractivity contribution is 5.36. The summed E-state index contributed by atoms with van der Waals surface area (Å²) < 4.78 is 11.6. The zero-order valence-corrected chi connectivity index (χ0v) is 18.3. The Labute approximate surface area is 171 Å². The Kier molecular flexibility index (Phi) is 9.65. The van der Waals surface area contributed by atoms with E-state index >= 15 is 0 Å². The number of aromatic nitrogens is 1. The van der Waals surface area contributed by atoms with Crippen LogP contribution in [-0.4, -0.2) is 63.5 Å². The topological polar surface area (TPSA) is 72.6 Å². The van der Waals surface area contributed by atoms with E-state index < -0.39 is 0 Å². The van der Waals surface area contributed by atoms with Crippen molar-refractivity contribution in [2.75, 3.05) is 59.3 Å². The van der Waals surface area contributed by atoms with E-state index in [0.717, 1.165) is 71.7 Å². The van der Waals surface area contributed by atoms with Gasteiger partial charge in [0, 0.05) is 44.2 Å². The van der Waals surface area contributed by atoms with E-state index in [1.807, 2.05) is 13.1 Å². The minimum atomic E-state index is 0.145. The smallest absolute Gasteiger partial charge is 0.123 e. The van der Waals surface area contributed by atoms with Gasteiger partial charge in [-0.25, -0.2) is 4.98 Å². The van der Waals surface area contributed by atoms with Gasteiger partial charge in [0.15, 0.2) is 0 Å². The molecule has 1 aliphatic rings. The molecule has 0 unspecified atom stereocenters. The zero-order valence-electron chi connectivity index (χ0n) is 18.3. The quantitative estimate of drug-likeness (QED) is 0.570. The first-order valence-electron chi connectivity index (χ1n) is 10.8. The molecule has 6 heteroatoms. The van der Waals surface area contributed by atoms with Crippen LogP contribution in [0.1, 0.15) is 56.7 Å². The van der Waals surface area contributed by atoms with Crippen LogP contribution in [0.5, 0.6) is 0 Å². The summed E-state index contributed by atoms with van der Waals surface area (Å²) in [5.74, 6) is 1.09. The lowest BCUT2D eigenvalue weighted by atomic mass is 9.70. The summed E-state index contributed by atoms with van der Waals surface area (Å²) in [5, 5.41) is 3.21. The molecule has 1 saturated carbocycles. The van der Waals surface area contributed by atoms with E-state index in [2.05, 4.69) is 37.2 Å². The molecule has 1 fully saturated rings. The Balaban J connectivity index is 2.08. The van der Waals surface area contributed by atoms with Crippen LogP contribution in [0, 0.1) is 5.41 Å². The summed E-state index contributed by atoms with van der Waals surface area (Å²) in [6.07, 6.45) is 4.46. The SMILES string of the molecule is CCOCC1(COCC)CCC(c2nc(N)ccc2CN(C)CCNC)CC1. The number of nitrogens with zero attached hydrogens (tertiary/aromatic N) is 2. The molecule has 0 spiro atoms. The molecule has 0 atom stereocenters. The lowest BCUT2D eigenvalue weighted by Gasteiger charge is -2.40. The number of rotatable bonds is 12. The highest BCUT2D eigenvalue weighted by Gasteiger charge is 2.37. The normalized spacial score (nSPS) is 17.3. The van der Waals surface area contributed by atoms with Crippen molar-refractivity contribution in [1.82, 2.24) is 15.2 Å². The van der Waals surface area contributed by atoms with Gasteiger partial charge in [0.2, 0.25) is 0 Å². The fourth-order valence-corrected chi connectivity index (χ4v) is 4.15. The van der Waals surface area contributed by atoms with Crippen LogP contribution < -0.4 is 11.1 Å².